The minimum absolute atomic E-state index is 0.0399. The molecule has 0 radical (unpaired) electrons. The van der Waals surface area contributed by atoms with E-state index in [2.05, 4.69) is 11.3 Å². The van der Waals surface area contributed by atoms with E-state index in [-0.39, 0.29) is 5.57 Å². The summed E-state index contributed by atoms with van der Waals surface area (Å²) in [5, 5.41) is 0.704. The number of methoxy groups -OCH3 is 1. The zero-order chi connectivity index (χ0) is 14.6. The van der Waals surface area contributed by atoms with Crippen molar-refractivity contribution in [3.05, 3.63) is 46.0 Å². The number of carbonyl (C=O) groups is 2. The van der Waals surface area contributed by atoms with Gasteiger partial charge >= 0.3 is 11.9 Å². The standard InChI is InChI=1S/C13H12Cl2O4/c1-7(13(17)18-3)12(19-8(2)16)10-6-9(14)4-5-11(10)15/h4-6,12H,1H2,2-3H3. The highest BCUT2D eigenvalue weighted by atomic mass is 35.5. The van der Waals surface area contributed by atoms with Crippen LogP contribution in [0.25, 0.3) is 0 Å². The molecule has 0 bridgehead atoms. The number of carbonyl (C=O) groups excluding carboxylic acids is 2. The van der Waals surface area contributed by atoms with Crippen molar-refractivity contribution < 1.29 is 19.1 Å². The van der Waals surface area contributed by atoms with Gasteiger partial charge in [-0.2, -0.15) is 0 Å². The molecule has 19 heavy (non-hydrogen) atoms. The summed E-state index contributed by atoms with van der Waals surface area (Å²) in [5.41, 5.74) is 0.335. The highest BCUT2D eigenvalue weighted by Gasteiger charge is 2.26. The van der Waals surface area contributed by atoms with Crippen LogP contribution in [0.1, 0.15) is 18.6 Å². The molecular weight excluding hydrogens is 291 g/mol. The van der Waals surface area contributed by atoms with E-state index < -0.39 is 18.0 Å². The maximum absolute atomic E-state index is 11.5. The second-order valence-corrected chi connectivity index (χ2v) is 4.52. The number of rotatable bonds is 4. The van der Waals surface area contributed by atoms with Crippen LogP contribution in [-0.2, 0) is 19.1 Å². The first-order valence-electron chi connectivity index (χ1n) is 5.26. The third-order valence-electron chi connectivity index (χ3n) is 2.29. The Bertz CT molecular complexity index is 525. The van der Waals surface area contributed by atoms with Crippen LogP contribution in [0.3, 0.4) is 0 Å². The normalized spacial score (nSPS) is 11.6. The first-order valence-corrected chi connectivity index (χ1v) is 6.01. The number of hydrogen-bond donors (Lipinski definition) is 0. The average Bonchev–Trinajstić information content (AvgIpc) is 2.37. The third-order valence-corrected chi connectivity index (χ3v) is 2.87. The molecule has 0 aliphatic rings. The van der Waals surface area contributed by atoms with E-state index in [4.69, 9.17) is 27.9 Å². The van der Waals surface area contributed by atoms with E-state index in [1.807, 2.05) is 0 Å². The molecule has 1 unspecified atom stereocenters. The van der Waals surface area contributed by atoms with Crippen molar-refractivity contribution in [1.82, 2.24) is 0 Å². The lowest BCUT2D eigenvalue weighted by atomic mass is 10.0. The number of hydrogen-bond acceptors (Lipinski definition) is 4. The molecule has 0 fully saturated rings. The van der Waals surface area contributed by atoms with Crippen molar-refractivity contribution >= 4 is 35.1 Å². The van der Waals surface area contributed by atoms with Crippen LogP contribution in [-0.4, -0.2) is 19.0 Å². The zero-order valence-corrected chi connectivity index (χ0v) is 11.9. The molecule has 102 valence electrons. The van der Waals surface area contributed by atoms with Gasteiger partial charge in [0.15, 0.2) is 6.10 Å². The Hall–Kier alpha value is -1.52. The summed E-state index contributed by atoms with van der Waals surface area (Å²) in [6.45, 7) is 4.79. The molecule has 0 N–H and O–H groups in total. The molecular formula is C13H12Cl2O4. The summed E-state index contributed by atoms with van der Waals surface area (Å²) < 4.78 is 9.63. The van der Waals surface area contributed by atoms with Gasteiger partial charge in [0.2, 0.25) is 0 Å². The maximum Gasteiger partial charge on any atom is 0.337 e. The minimum Gasteiger partial charge on any atom is -0.466 e. The number of benzene rings is 1. The Labute approximate surface area is 120 Å². The molecule has 1 aromatic carbocycles. The van der Waals surface area contributed by atoms with E-state index in [1.165, 1.54) is 20.1 Å². The molecule has 0 spiro atoms. The molecule has 4 nitrogen and oxygen atoms in total. The van der Waals surface area contributed by atoms with Gasteiger partial charge in [-0.25, -0.2) is 4.79 Å². The van der Waals surface area contributed by atoms with Crippen LogP contribution < -0.4 is 0 Å². The van der Waals surface area contributed by atoms with Crippen LogP contribution in [0.15, 0.2) is 30.4 Å². The summed E-state index contributed by atoms with van der Waals surface area (Å²) in [6, 6.07) is 4.63. The van der Waals surface area contributed by atoms with E-state index in [9.17, 15) is 9.59 Å². The Morgan fingerprint density at radius 1 is 1.32 bits per heavy atom. The molecule has 1 aromatic rings. The Morgan fingerprint density at radius 3 is 2.47 bits per heavy atom. The fourth-order valence-corrected chi connectivity index (χ4v) is 1.84. The van der Waals surface area contributed by atoms with Crippen LogP contribution in [0, 0.1) is 0 Å². The monoisotopic (exact) mass is 302 g/mol. The molecule has 0 aromatic heterocycles. The first kappa shape index (κ1) is 15.5. The molecule has 0 saturated carbocycles. The quantitative estimate of drug-likeness (QED) is 0.632. The van der Waals surface area contributed by atoms with Gasteiger partial charge in [-0.05, 0) is 18.2 Å². The Balaban J connectivity index is 3.23. The van der Waals surface area contributed by atoms with Crippen molar-refractivity contribution in [3.8, 4) is 0 Å². The summed E-state index contributed by atoms with van der Waals surface area (Å²) in [4.78, 5) is 22.7. The lowest BCUT2D eigenvalue weighted by Gasteiger charge is -2.19. The van der Waals surface area contributed by atoms with Crippen LogP contribution in [0.4, 0.5) is 0 Å². The molecule has 0 aliphatic carbocycles. The second kappa shape index (κ2) is 6.59. The average molecular weight is 303 g/mol. The third kappa shape index (κ3) is 3.98. The minimum atomic E-state index is -1.03. The van der Waals surface area contributed by atoms with Gasteiger partial charge in [-0.3, -0.25) is 4.79 Å². The molecule has 1 rings (SSSR count). The molecule has 6 heteroatoms. The van der Waals surface area contributed by atoms with Gasteiger partial charge in [0.1, 0.15) is 0 Å². The van der Waals surface area contributed by atoms with E-state index in [0.29, 0.717) is 15.6 Å². The first-order chi connectivity index (χ1) is 8.86. The largest absolute Gasteiger partial charge is 0.466 e. The second-order valence-electron chi connectivity index (χ2n) is 3.67. The summed E-state index contributed by atoms with van der Waals surface area (Å²) in [5.74, 6) is -1.27. The SMILES string of the molecule is C=C(C(=O)OC)C(OC(C)=O)c1cc(Cl)ccc1Cl. The highest BCUT2D eigenvalue weighted by Crippen LogP contribution is 2.33. The fraction of sp³-hybridized carbons (Fsp3) is 0.231. The number of esters is 2. The van der Waals surface area contributed by atoms with Crippen LogP contribution in [0.2, 0.25) is 10.0 Å². The summed E-state index contributed by atoms with van der Waals surface area (Å²) in [7, 11) is 1.21. The van der Waals surface area contributed by atoms with Gasteiger partial charge in [-0.15, -0.1) is 0 Å². The maximum atomic E-state index is 11.5. The topological polar surface area (TPSA) is 52.6 Å². The predicted molar refractivity (Wildman–Crippen MR) is 72.1 cm³/mol. The summed E-state index contributed by atoms with van der Waals surface area (Å²) in [6.07, 6.45) is -1.03. The molecule has 0 amide bonds. The van der Waals surface area contributed by atoms with Crippen LogP contribution >= 0.6 is 23.2 Å². The zero-order valence-electron chi connectivity index (χ0n) is 10.4. The molecule has 0 saturated heterocycles. The lowest BCUT2D eigenvalue weighted by Crippen LogP contribution is -2.17. The van der Waals surface area contributed by atoms with Crippen molar-refractivity contribution in [2.24, 2.45) is 0 Å². The molecule has 1 atom stereocenters. The Kier molecular flexibility index (Phi) is 5.39. The van der Waals surface area contributed by atoms with Gasteiger partial charge < -0.3 is 9.47 Å². The number of halogens is 2. The van der Waals surface area contributed by atoms with Crippen molar-refractivity contribution in [3.63, 3.8) is 0 Å². The molecule has 0 aliphatic heterocycles. The van der Waals surface area contributed by atoms with E-state index >= 15 is 0 Å². The lowest BCUT2D eigenvalue weighted by molar-refractivity contribution is -0.147. The molecule has 0 heterocycles. The predicted octanol–water partition coefficient (Wildman–Crippen LogP) is 3.33. The van der Waals surface area contributed by atoms with E-state index in [1.54, 1.807) is 12.1 Å². The number of ether oxygens (including phenoxy) is 2. The van der Waals surface area contributed by atoms with Crippen molar-refractivity contribution in [2.45, 2.75) is 13.0 Å². The summed E-state index contributed by atoms with van der Waals surface area (Å²) >= 11 is 11.9. The van der Waals surface area contributed by atoms with E-state index in [0.717, 1.165) is 0 Å². The van der Waals surface area contributed by atoms with Gasteiger partial charge in [0.05, 0.1) is 12.7 Å². The van der Waals surface area contributed by atoms with Gasteiger partial charge in [0, 0.05) is 22.5 Å². The Morgan fingerprint density at radius 2 is 1.95 bits per heavy atom. The van der Waals surface area contributed by atoms with Crippen molar-refractivity contribution in [2.75, 3.05) is 7.11 Å². The van der Waals surface area contributed by atoms with Gasteiger partial charge in [-0.1, -0.05) is 29.8 Å². The highest BCUT2D eigenvalue weighted by molar-refractivity contribution is 6.33. The van der Waals surface area contributed by atoms with Crippen molar-refractivity contribution in [1.29, 1.82) is 0 Å². The fourth-order valence-electron chi connectivity index (χ4n) is 1.44. The van der Waals surface area contributed by atoms with Crippen LogP contribution in [0.5, 0.6) is 0 Å². The smallest absolute Gasteiger partial charge is 0.337 e. The van der Waals surface area contributed by atoms with Gasteiger partial charge in [0.25, 0.3) is 0 Å².